The molecule has 0 saturated carbocycles. The molecular formula is C23H32N4O. The molecule has 0 radical (unpaired) electrons. The van der Waals surface area contributed by atoms with Crippen LogP contribution in [0.3, 0.4) is 0 Å². The van der Waals surface area contributed by atoms with Gasteiger partial charge in [-0.3, -0.25) is 4.79 Å². The Kier molecular flexibility index (Phi) is 6.55. The predicted molar refractivity (Wildman–Crippen MR) is 118 cm³/mol. The molecule has 1 aromatic heterocycles. The Labute approximate surface area is 168 Å². The fourth-order valence-electron chi connectivity index (χ4n) is 3.74. The van der Waals surface area contributed by atoms with Gasteiger partial charge in [0.25, 0.3) is 5.91 Å². The lowest BCUT2D eigenvalue weighted by atomic mass is 9.99. The quantitative estimate of drug-likeness (QED) is 0.787. The molecule has 2 heterocycles. The van der Waals surface area contributed by atoms with Crippen molar-refractivity contribution in [2.75, 3.05) is 41.3 Å². The van der Waals surface area contributed by atoms with Crippen molar-refractivity contribution >= 4 is 23.1 Å². The maximum atomic E-state index is 12.8. The lowest BCUT2D eigenvalue weighted by molar-refractivity contribution is 0.102. The van der Waals surface area contributed by atoms with Gasteiger partial charge in [0, 0.05) is 49.3 Å². The number of aromatic nitrogens is 1. The Hall–Kier alpha value is -2.56. The fraction of sp³-hybridized carbons (Fsp3) is 0.478. The van der Waals surface area contributed by atoms with Crippen molar-refractivity contribution in [3.05, 3.63) is 47.7 Å². The van der Waals surface area contributed by atoms with Crippen molar-refractivity contribution in [2.24, 2.45) is 5.92 Å². The summed E-state index contributed by atoms with van der Waals surface area (Å²) in [6, 6.07) is 9.89. The number of nitrogens with one attached hydrogen (secondary N) is 1. The summed E-state index contributed by atoms with van der Waals surface area (Å²) in [7, 11) is 0. The molecule has 0 aliphatic carbocycles. The normalized spacial score (nSPS) is 14.8. The number of pyridine rings is 1. The number of carbonyl (C=O) groups is 1. The van der Waals surface area contributed by atoms with E-state index in [4.69, 9.17) is 0 Å². The zero-order valence-electron chi connectivity index (χ0n) is 17.5. The minimum absolute atomic E-state index is 0.0901. The van der Waals surface area contributed by atoms with Gasteiger partial charge in [0.05, 0.1) is 0 Å². The highest BCUT2D eigenvalue weighted by Gasteiger charge is 2.18. The lowest BCUT2D eigenvalue weighted by Gasteiger charge is -2.31. The molecule has 150 valence electrons. The van der Waals surface area contributed by atoms with Crippen LogP contribution in [0.4, 0.5) is 17.2 Å². The third-order valence-corrected chi connectivity index (χ3v) is 5.70. The molecule has 5 heteroatoms. The Morgan fingerprint density at radius 1 is 1.18 bits per heavy atom. The first-order valence-corrected chi connectivity index (χ1v) is 10.4. The number of anilines is 3. The summed E-state index contributed by atoms with van der Waals surface area (Å²) in [6.45, 7) is 12.6. The number of nitrogens with zero attached hydrogens (tertiary/aromatic N) is 3. The van der Waals surface area contributed by atoms with E-state index in [2.05, 4.69) is 53.0 Å². The van der Waals surface area contributed by atoms with E-state index < -0.39 is 0 Å². The largest absolute Gasteiger partial charge is 0.372 e. The van der Waals surface area contributed by atoms with Gasteiger partial charge >= 0.3 is 0 Å². The van der Waals surface area contributed by atoms with Gasteiger partial charge in [-0.2, -0.15) is 0 Å². The molecule has 3 rings (SSSR count). The maximum Gasteiger partial charge on any atom is 0.255 e. The first-order valence-electron chi connectivity index (χ1n) is 10.4. The SMILES string of the molecule is CCN(CC)c1ccc(NC(=O)c2ccnc(N3CCC(C)CC3)c2)c(C)c1. The summed E-state index contributed by atoms with van der Waals surface area (Å²) >= 11 is 0. The standard InChI is InChI=1S/C23H32N4O/c1-5-26(6-2)20-7-8-21(18(4)15-20)25-23(28)19-9-12-24-22(16-19)27-13-10-17(3)11-14-27/h7-9,12,15-17H,5-6,10-11,13-14H2,1-4H3,(H,25,28). The van der Waals surface area contributed by atoms with E-state index in [0.29, 0.717) is 5.56 Å². The van der Waals surface area contributed by atoms with Gasteiger partial charge < -0.3 is 15.1 Å². The van der Waals surface area contributed by atoms with E-state index in [1.54, 1.807) is 12.3 Å². The highest BCUT2D eigenvalue weighted by atomic mass is 16.1. The molecule has 0 bridgehead atoms. The molecule has 28 heavy (non-hydrogen) atoms. The van der Waals surface area contributed by atoms with Gasteiger partial charge in [-0.25, -0.2) is 4.98 Å². The van der Waals surface area contributed by atoms with E-state index in [0.717, 1.165) is 49.2 Å². The van der Waals surface area contributed by atoms with Gasteiger partial charge in [0.15, 0.2) is 0 Å². The van der Waals surface area contributed by atoms with Crippen LogP contribution in [0.1, 0.15) is 49.5 Å². The number of benzene rings is 1. The average Bonchev–Trinajstić information content (AvgIpc) is 2.71. The van der Waals surface area contributed by atoms with E-state index in [1.165, 1.54) is 18.5 Å². The summed E-state index contributed by atoms with van der Waals surface area (Å²) in [4.78, 5) is 21.9. The second-order valence-corrected chi connectivity index (χ2v) is 7.70. The van der Waals surface area contributed by atoms with Crippen LogP contribution in [0.15, 0.2) is 36.5 Å². The van der Waals surface area contributed by atoms with Crippen molar-refractivity contribution < 1.29 is 4.79 Å². The summed E-state index contributed by atoms with van der Waals surface area (Å²) in [5.74, 6) is 1.57. The number of hydrogen-bond donors (Lipinski definition) is 1. The van der Waals surface area contributed by atoms with Crippen LogP contribution in [-0.2, 0) is 0 Å². The first-order chi connectivity index (χ1) is 13.5. The Balaban J connectivity index is 1.72. The maximum absolute atomic E-state index is 12.8. The molecule has 1 aliphatic heterocycles. The van der Waals surface area contributed by atoms with Crippen molar-refractivity contribution in [3.8, 4) is 0 Å². The van der Waals surface area contributed by atoms with E-state index in [-0.39, 0.29) is 5.91 Å². The molecule has 1 amide bonds. The third kappa shape index (κ3) is 4.64. The molecule has 0 unspecified atom stereocenters. The van der Waals surface area contributed by atoms with E-state index >= 15 is 0 Å². The van der Waals surface area contributed by atoms with Gasteiger partial charge in [-0.05, 0) is 75.4 Å². The molecule has 0 spiro atoms. The molecule has 1 aliphatic rings. The fourth-order valence-corrected chi connectivity index (χ4v) is 3.74. The molecule has 2 aromatic rings. The van der Waals surface area contributed by atoms with Gasteiger partial charge in [0.1, 0.15) is 5.82 Å². The minimum Gasteiger partial charge on any atom is -0.372 e. The minimum atomic E-state index is -0.0901. The number of hydrogen-bond acceptors (Lipinski definition) is 4. The second-order valence-electron chi connectivity index (χ2n) is 7.70. The van der Waals surface area contributed by atoms with E-state index in [1.807, 2.05) is 19.1 Å². The third-order valence-electron chi connectivity index (χ3n) is 5.70. The molecule has 1 N–H and O–H groups in total. The summed E-state index contributed by atoms with van der Waals surface area (Å²) in [5, 5.41) is 3.06. The molecular weight excluding hydrogens is 348 g/mol. The van der Waals surface area contributed by atoms with Crippen LogP contribution in [-0.4, -0.2) is 37.1 Å². The zero-order chi connectivity index (χ0) is 20.1. The van der Waals surface area contributed by atoms with Crippen molar-refractivity contribution in [1.29, 1.82) is 0 Å². The summed E-state index contributed by atoms with van der Waals surface area (Å²) < 4.78 is 0. The summed E-state index contributed by atoms with van der Waals surface area (Å²) in [6.07, 6.45) is 4.09. The average molecular weight is 381 g/mol. The number of aryl methyl sites for hydroxylation is 1. The summed E-state index contributed by atoms with van der Waals surface area (Å²) in [5.41, 5.74) is 3.75. The first kappa shape index (κ1) is 20.2. The van der Waals surface area contributed by atoms with Crippen LogP contribution in [0.5, 0.6) is 0 Å². The highest BCUT2D eigenvalue weighted by Crippen LogP contribution is 2.25. The second kappa shape index (κ2) is 9.09. The number of piperidine rings is 1. The lowest BCUT2D eigenvalue weighted by Crippen LogP contribution is -2.33. The number of amides is 1. The van der Waals surface area contributed by atoms with Crippen molar-refractivity contribution in [2.45, 2.75) is 40.5 Å². The van der Waals surface area contributed by atoms with Crippen LogP contribution in [0.2, 0.25) is 0 Å². The molecule has 0 atom stereocenters. The Morgan fingerprint density at radius 2 is 1.89 bits per heavy atom. The Bertz CT molecular complexity index is 808. The predicted octanol–water partition coefficient (Wildman–Crippen LogP) is 4.72. The highest BCUT2D eigenvalue weighted by molar-refractivity contribution is 6.05. The smallest absolute Gasteiger partial charge is 0.255 e. The van der Waals surface area contributed by atoms with Gasteiger partial charge in [0.2, 0.25) is 0 Å². The van der Waals surface area contributed by atoms with Crippen LogP contribution >= 0.6 is 0 Å². The van der Waals surface area contributed by atoms with Crippen molar-refractivity contribution in [1.82, 2.24) is 4.98 Å². The monoisotopic (exact) mass is 380 g/mol. The number of carbonyl (C=O) groups excluding carboxylic acids is 1. The van der Waals surface area contributed by atoms with Crippen LogP contribution in [0, 0.1) is 12.8 Å². The van der Waals surface area contributed by atoms with Crippen molar-refractivity contribution in [3.63, 3.8) is 0 Å². The van der Waals surface area contributed by atoms with Gasteiger partial charge in [-0.1, -0.05) is 6.92 Å². The zero-order valence-corrected chi connectivity index (χ0v) is 17.5. The van der Waals surface area contributed by atoms with Crippen LogP contribution < -0.4 is 15.1 Å². The number of rotatable bonds is 6. The molecule has 1 aromatic carbocycles. The van der Waals surface area contributed by atoms with Crippen LogP contribution in [0.25, 0.3) is 0 Å². The molecule has 5 nitrogen and oxygen atoms in total. The topological polar surface area (TPSA) is 48.5 Å². The van der Waals surface area contributed by atoms with E-state index in [9.17, 15) is 4.79 Å². The molecule has 1 fully saturated rings. The van der Waals surface area contributed by atoms with Gasteiger partial charge in [-0.15, -0.1) is 0 Å². The Morgan fingerprint density at radius 3 is 2.54 bits per heavy atom. The molecule has 1 saturated heterocycles.